The summed E-state index contributed by atoms with van der Waals surface area (Å²) in [6, 6.07) is 10.4. The molecule has 1 aromatic carbocycles. The molecule has 1 aliphatic rings. The van der Waals surface area contributed by atoms with E-state index in [1.54, 1.807) is 30.1 Å². The summed E-state index contributed by atoms with van der Waals surface area (Å²) in [6.45, 7) is 3.27. The lowest BCUT2D eigenvalue weighted by Crippen LogP contribution is -2.30. The molecule has 7 heteroatoms. The number of benzene rings is 1. The van der Waals surface area contributed by atoms with Gasteiger partial charge in [0.1, 0.15) is 11.4 Å². The number of carbonyl (C=O) groups excluding carboxylic acids is 2. The Morgan fingerprint density at radius 1 is 1.15 bits per heavy atom. The summed E-state index contributed by atoms with van der Waals surface area (Å²) in [7, 11) is 1.74. The van der Waals surface area contributed by atoms with Crippen LogP contribution in [0.25, 0.3) is 0 Å². The molecule has 0 spiro atoms. The molecule has 0 saturated heterocycles. The fraction of sp³-hybridized carbons (Fsp3) is 0.350. The smallest absolute Gasteiger partial charge is 0.272 e. The maximum Gasteiger partial charge on any atom is 0.272 e. The van der Waals surface area contributed by atoms with E-state index in [0.29, 0.717) is 24.6 Å². The summed E-state index contributed by atoms with van der Waals surface area (Å²) in [6.07, 6.45) is 1.94. The van der Waals surface area contributed by atoms with Gasteiger partial charge in [0.05, 0.1) is 0 Å². The zero-order valence-corrected chi connectivity index (χ0v) is 15.5. The summed E-state index contributed by atoms with van der Waals surface area (Å²) in [5, 5.41) is 2.81. The van der Waals surface area contributed by atoms with Crippen LogP contribution in [0, 0.1) is 0 Å². The molecule has 0 bridgehead atoms. The van der Waals surface area contributed by atoms with E-state index in [1.165, 1.54) is 0 Å². The van der Waals surface area contributed by atoms with Crippen LogP contribution in [0.3, 0.4) is 0 Å². The Morgan fingerprint density at radius 3 is 2.74 bits per heavy atom. The van der Waals surface area contributed by atoms with Gasteiger partial charge in [0.15, 0.2) is 11.5 Å². The number of ether oxygens (including phenoxy) is 2. The molecule has 2 aromatic rings. The van der Waals surface area contributed by atoms with Gasteiger partial charge in [-0.15, -0.1) is 0 Å². The van der Waals surface area contributed by atoms with Crippen LogP contribution in [0.5, 0.6) is 11.5 Å². The van der Waals surface area contributed by atoms with Crippen molar-refractivity contribution in [3.8, 4) is 11.5 Å². The lowest BCUT2D eigenvalue weighted by atomic mass is 10.2. The molecule has 7 nitrogen and oxygen atoms in total. The molecule has 1 aromatic heterocycles. The highest BCUT2D eigenvalue weighted by molar-refractivity contribution is 5.96. The van der Waals surface area contributed by atoms with Crippen molar-refractivity contribution >= 4 is 11.8 Å². The second-order valence-electron chi connectivity index (χ2n) is 6.36. The standard InChI is InChI=1S/C20H23N3O4/c1-3-4-10-23(2)20(25)16-7-5-6-15(22-16)19(24)21-12-14-8-9-17-18(11-14)27-13-26-17/h5-9,11H,3-4,10,12-13H2,1-2H3,(H,21,24). The Bertz CT molecular complexity index is 838. The van der Waals surface area contributed by atoms with Crippen molar-refractivity contribution in [2.75, 3.05) is 20.4 Å². The molecule has 0 aliphatic carbocycles. The van der Waals surface area contributed by atoms with Crippen molar-refractivity contribution in [3.05, 3.63) is 53.3 Å². The molecule has 2 amide bonds. The molecule has 0 radical (unpaired) electrons. The molecule has 0 fully saturated rings. The van der Waals surface area contributed by atoms with Crippen molar-refractivity contribution < 1.29 is 19.1 Å². The molecule has 1 aliphatic heterocycles. The van der Waals surface area contributed by atoms with Gasteiger partial charge in [0.2, 0.25) is 6.79 Å². The summed E-state index contributed by atoms with van der Waals surface area (Å²) < 4.78 is 10.6. The molecule has 27 heavy (non-hydrogen) atoms. The third-order valence-electron chi connectivity index (χ3n) is 4.28. The summed E-state index contributed by atoms with van der Waals surface area (Å²) in [4.78, 5) is 30.7. The normalized spacial score (nSPS) is 11.9. The van der Waals surface area contributed by atoms with Crippen molar-refractivity contribution in [1.29, 1.82) is 0 Å². The topological polar surface area (TPSA) is 80.8 Å². The van der Waals surface area contributed by atoms with Crippen LogP contribution in [0.1, 0.15) is 46.3 Å². The summed E-state index contributed by atoms with van der Waals surface area (Å²) in [5.41, 5.74) is 1.37. The fourth-order valence-electron chi connectivity index (χ4n) is 2.70. The van der Waals surface area contributed by atoms with Gasteiger partial charge in [-0.1, -0.05) is 25.5 Å². The Labute approximate surface area is 158 Å². The number of pyridine rings is 1. The van der Waals surface area contributed by atoms with Gasteiger partial charge in [-0.25, -0.2) is 4.98 Å². The number of fused-ring (bicyclic) bond motifs is 1. The van der Waals surface area contributed by atoms with Crippen molar-refractivity contribution in [1.82, 2.24) is 15.2 Å². The Morgan fingerprint density at radius 2 is 1.93 bits per heavy atom. The summed E-state index contributed by atoms with van der Waals surface area (Å²) in [5.74, 6) is 0.847. The molecule has 0 atom stereocenters. The van der Waals surface area contributed by atoms with Crippen molar-refractivity contribution in [2.24, 2.45) is 0 Å². The highest BCUT2D eigenvalue weighted by Gasteiger charge is 2.16. The molecule has 1 N–H and O–H groups in total. The van der Waals surface area contributed by atoms with Gasteiger partial charge in [-0.05, 0) is 36.2 Å². The van der Waals surface area contributed by atoms with E-state index in [9.17, 15) is 9.59 Å². The van der Waals surface area contributed by atoms with Gasteiger partial charge in [-0.3, -0.25) is 9.59 Å². The van der Waals surface area contributed by atoms with Gasteiger partial charge in [0, 0.05) is 20.1 Å². The number of aromatic nitrogens is 1. The van der Waals surface area contributed by atoms with E-state index in [2.05, 4.69) is 17.2 Å². The first-order chi connectivity index (χ1) is 13.1. The first-order valence-electron chi connectivity index (χ1n) is 8.97. The SMILES string of the molecule is CCCCN(C)C(=O)c1cccc(C(=O)NCc2ccc3c(c2)OCO3)n1. The van der Waals surface area contributed by atoms with Crippen molar-refractivity contribution in [3.63, 3.8) is 0 Å². The first kappa shape index (κ1) is 18.7. The Hall–Kier alpha value is -3.09. The van der Waals surface area contributed by atoms with Crippen molar-refractivity contribution in [2.45, 2.75) is 26.3 Å². The lowest BCUT2D eigenvalue weighted by Gasteiger charge is -2.16. The van der Waals surface area contributed by atoms with Gasteiger partial charge >= 0.3 is 0 Å². The number of hydrogen-bond donors (Lipinski definition) is 1. The molecule has 142 valence electrons. The molecule has 3 rings (SSSR count). The van der Waals surface area contributed by atoms with E-state index in [1.807, 2.05) is 18.2 Å². The fourth-order valence-corrected chi connectivity index (χ4v) is 2.70. The molecule has 0 saturated carbocycles. The molecule has 0 unspecified atom stereocenters. The number of nitrogens with zero attached hydrogens (tertiary/aromatic N) is 2. The second kappa shape index (κ2) is 8.53. The zero-order chi connectivity index (χ0) is 19.2. The first-order valence-corrected chi connectivity index (χ1v) is 8.97. The number of hydrogen-bond acceptors (Lipinski definition) is 5. The Balaban J connectivity index is 1.62. The summed E-state index contributed by atoms with van der Waals surface area (Å²) >= 11 is 0. The molecular formula is C20H23N3O4. The highest BCUT2D eigenvalue weighted by atomic mass is 16.7. The van der Waals surface area contributed by atoms with E-state index in [0.717, 1.165) is 18.4 Å². The average molecular weight is 369 g/mol. The van der Waals surface area contributed by atoms with E-state index in [-0.39, 0.29) is 30.0 Å². The van der Waals surface area contributed by atoms with Crippen LogP contribution in [-0.4, -0.2) is 42.1 Å². The minimum Gasteiger partial charge on any atom is -0.454 e. The van der Waals surface area contributed by atoms with E-state index < -0.39 is 0 Å². The van der Waals surface area contributed by atoms with Gasteiger partial charge in [-0.2, -0.15) is 0 Å². The van der Waals surface area contributed by atoms with E-state index in [4.69, 9.17) is 9.47 Å². The van der Waals surface area contributed by atoms with Crippen LogP contribution in [0.4, 0.5) is 0 Å². The third kappa shape index (κ3) is 4.55. The number of unbranched alkanes of at least 4 members (excludes halogenated alkanes) is 1. The largest absolute Gasteiger partial charge is 0.454 e. The predicted molar refractivity (Wildman–Crippen MR) is 99.8 cm³/mol. The third-order valence-corrected chi connectivity index (χ3v) is 4.28. The highest BCUT2D eigenvalue weighted by Crippen LogP contribution is 2.32. The molecular weight excluding hydrogens is 346 g/mol. The lowest BCUT2D eigenvalue weighted by molar-refractivity contribution is 0.0787. The van der Waals surface area contributed by atoms with Gasteiger partial charge in [0.25, 0.3) is 11.8 Å². The van der Waals surface area contributed by atoms with E-state index >= 15 is 0 Å². The maximum absolute atomic E-state index is 12.4. The predicted octanol–water partition coefficient (Wildman–Crippen LogP) is 2.61. The number of nitrogens with one attached hydrogen (secondary N) is 1. The van der Waals surface area contributed by atoms with Crippen LogP contribution in [-0.2, 0) is 6.54 Å². The van der Waals surface area contributed by atoms with Crippen LogP contribution >= 0.6 is 0 Å². The Kier molecular flexibility index (Phi) is 5.90. The number of rotatable bonds is 7. The van der Waals surface area contributed by atoms with Gasteiger partial charge < -0.3 is 19.7 Å². The maximum atomic E-state index is 12.4. The molecule has 2 heterocycles. The minimum atomic E-state index is -0.335. The quantitative estimate of drug-likeness (QED) is 0.811. The monoisotopic (exact) mass is 369 g/mol. The number of carbonyl (C=O) groups is 2. The van der Waals surface area contributed by atoms with Crippen LogP contribution < -0.4 is 14.8 Å². The average Bonchev–Trinajstić information content (AvgIpc) is 3.17. The minimum absolute atomic E-state index is 0.186. The number of amides is 2. The second-order valence-corrected chi connectivity index (χ2v) is 6.36. The van der Waals surface area contributed by atoms with Crippen LogP contribution in [0.2, 0.25) is 0 Å². The zero-order valence-electron chi connectivity index (χ0n) is 15.5. The van der Waals surface area contributed by atoms with Crippen LogP contribution in [0.15, 0.2) is 36.4 Å².